The molecule has 3 rings (SSSR count). The van der Waals surface area contributed by atoms with E-state index in [-0.39, 0.29) is 23.8 Å². The van der Waals surface area contributed by atoms with E-state index in [9.17, 15) is 27.5 Å². The summed E-state index contributed by atoms with van der Waals surface area (Å²) >= 11 is 0. The fraction of sp³-hybridized carbons (Fsp3) is 0.421. The van der Waals surface area contributed by atoms with E-state index in [2.05, 4.69) is 20.6 Å². The Hall–Kier alpha value is -2.75. The third-order valence-electron chi connectivity index (χ3n) is 5.00. The number of alkyl halides is 2. The highest BCUT2D eigenvalue weighted by Gasteiger charge is 2.41. The van der Waals surface area contributed by atoms with Gasteiger partial charge in [0.15, 0.2) is 5.82 Å². The van der Waals surface area contributed by atoms with E-state index in [0.29, 0.717) is 0 Å². The lowest BCUT2D eigenvalue weighted by Crippen LogP contribution is -2.26. The number of nitrogens with one attached hydrogen (secondary N) is 2. The number of aliphatic hydroxyl groups is 1. The quantitative estimate of drug-likeness (QED) is 0.635. The molecule has 0 bridgehead atoms. The van der Waals surface area contributed by atoms with Crippen molar-refractivity contribution in [3.63, 3.8) is 0 Å². The van der Waals surface area contributed by atoms with E-state index in [1.54, 1.807) is 6.92 Å². The van der Waals surface area contributed by atoms with Crippen LogP contribution >= 0.6 is 0 Å². The second kappa shape index (κ2) is 8.32. The lowest BCUT2D eigenvalue weighted by molar-refractivity contribution is -0.121. The molecule has 1 saturated heterocycles. The third kappa shape index (κ3) is 4.31. The number of aromatic nitrogens is 2. The predicted octanol–water partition coefficient (Wildman–Crippen LogP) is 3.08. The minimum Gasteiger partial charge on any atom is -0.393 e. The van der Waals surface area contributed by atoms with Gasteiger partial charge in [0.25, 0.3) is 6.43 Å². The molecule has 1 aromatic carbocycles. The lowest BCUT2D eigenvalue weighted by atomic mass is 9.88. The van der Waals surface area contributed by atoms with Gasteiger partial charge in [0.2, 0.25) is 11.9 Å². The molecule has 6 nitrogen and oxygen atoms in total. The van der Waals surface area contributed by atoms with Gasteiger partial charge >= 0.3 is 0 Å². The van der Waals surface area contributed by atoms with Crippen LogP contribution < -0.4 is 10.6 Å². The van der Waals surface area contributed by atoms with Gasteiger partial charge in [0.1, 0.15) is 5.82 Å². The number of rotatable bonds is 6. The first kappa shape index (κ1) is 21.0. The normalized spacial score (nSPS) is 21.2. The maximum absolute atomic E-state index is 14.3. The third-order valence-corrected chi connectivity index (χ3v) is 5.00. The number of hydrogen-bond acceptors (Lipinski definition) is 5. The van der Waals surface area contributed by atoms with Crippen LogP contribution in [0.4, 0.5) is 23.5 Å². The maximum Gasteiger partial charge on any atom is 0.263 e. The molecule has 1 amide bonds. The predicted molar refractivity (Wildman–Crippen MR) is 96.3 cm³/mol. The molecule has 1 aromatic heterocycles. The van der Waals surface area contributed by atoms with Crippen LogP contribution in [0.15, 0.2) is 24.4 Å². The van der Waals surface area contributed by atoms with Gasteiger partial charge < -0.3 is 15.7 Å². The highest BCUT2D eigenvalue weighted by atomic mass is 19.3. The summed E-state index contributed by atoms with van der Waals surface area (Å²) in [6, 6.07) is 2.39. The first-order chi connectivity index (χ1) is 13.7. The minimum absolute atomic E-state index is 0.0599. The zero-order valence-electron chi connectivity index (χ0n) is 15.7. The molecule has 0 radical (unpaired) electrons. The summed E-state index contributed by atoms with van der Waals surface area (Å²) in [5.74, 6) is -3.69. The SMILES string of the molecule is C[C@H](Nc1ncc(F)c([C@@H]2C(=O)NCC2[C@@H](C)O)n1)c1ccc(C(F)F)cc1F. The standard InChI is InChI=1S/C19H20F4N4O2/c1-8(11-4-3-10(17(22)23)5-13(11)20)26-19-25-7-14(21)16(27-19)15-12(9(2)28)6-24-18(15)29/h3-5,7-9,12,15,17,28H,6H2,1-2H3,(H,24,29)(H,25,26,27)/t8-,9+,12?,15+/m0/s1. The monoisotopic (exact) mass is 412 g/mol. The molecule has 2 aromatic rings. The van der Waals surface area contributed by atoms with Crippen molar-refractivity contribution in [1.29, 1.82) is 0 Å². The van der Waals surface area contributed by atoms with Crippen molar-refractivity contribution in [1.82, 2.24) is 15.3 Å². The number of halogens is 4. The van der Waals surface area contributed by atoms with E-state index >= 15 is 0 Å². The van der Waals surface area contributed by atoms with Crippen molar-refractivity contribution < 1.29 is 27.5 Å². The number of hydrogen-bond donors (Lipinski definition) is 3. The van der Waals surface area contributed by atoms with E-state index < -0.39 is 53.5 Å². The first-order valence-electron chi connectivity index (χ1n) is 9.01. The van der Waals surface area contributed by atoms with Crippen molar-refractivity contribution >= 4 is 11.9 Å². The number of amides is 1. The number of nitrogens with zero attached hydrogens (tertiary/aromatic N) is 2. The van der Waals surface area contributed by atoms with Crippen LogP contribution in [0, 0.1) is 17.6 Å². The molecule has 1 aliphatic rings. The molecule has 0 saturated carbocycles. The molecule has 1 fully saturated rings. The fourth-order valence-electron chi connectivity index (χ4n) is 3.39. The van der Waals surface area contributed by atoms with E-state index in [4.69, 9.17) is 0 Å². The van der Waals surface area contributed by atoms with Crippen LogP contribution in [0.25, 0.3) is 0 Å². The average Bonchev–Trinajstić information content (AvgIpc) is 3.04. The Morgan fingerprint density at radius 2 is 1.97 bits per heavy atom. The van der Waals surface area contributed by atoms with E-state index in [0.717, 1.165) is 18.3 Å². The molecule has 10 heteroatoms. The summed E-state index contributed by atoms with van der Waals surface area (Å²) in [6.07, 6.45) is -2.77. The van der Waals surface area contributed by atoms with Crippen LogP contribution in [0.1, 0.15) is 49.1 Å². The van der Waals surface area contributed by atoms with Gasteiger partial charge in [-0.1, -0.05) is 12.1 Å². The molecule has 29 heavy (non-hydrogen) atoms. The van der Waals surface area contributed by atoms with Gasteiger partial charge in [-0.15, -0.1) is 0 Å². The van der Waals surface area contributed by atoms with E-state index in [1.807, 2.05) is 0 Å². The Bertz CT molecular complexity index is 910. The van der Waals surface area contributed by atoms with Crippen molar-refractivity contribution in [3.05, 3.63) is 52.9 Å². The molecular weight excluding hydrogens is 392 g/mol. The molecule has 4 atom stereocenters. The Kier molecular flexibility index (Phi) is 6.02. The summed E-state index contributed by atoms with van der Waals surface area (Å²) in [6.45, 7) is 3.25. The van der Waals surface area contributed by atoms with Gasteiger partial charge in [0, 0.05) is 23.6 Å². The summed E-state index contributed by atoms with van der Waals surface area (Å²) in [4.78, 5) is 20.0. The second-order valence-corrected chi connectivity index (χ2v) is 7.00. The Morgan fingerprint density at radius 3 is 2.59 bits per heavy atom. The topological polar surface area (TPSA) is 87.1 Å². The molecule has 3 N–H and O–H groups in total. The zero-order valence-corrected chi connectivity index (χ0v) is 15.7. The van der Waals surface area contributed by atoms with Gasteiger partial charge in [-0.2, -0.15) is 0 Å². The number of benzene rings is 1. The number of carbonyl (C=O) groups is 1. The summed E-state index contributed by atoms with van der Waals surface area (Å²) in [7, 11) is 0. The molecule has 2 heterocycles. The van der Waals surface area contributed by atoms with Crippen molar-refractivity contribution in [2.24, 2.45) is 5.92 Å². The first-order valence-corrected chi connectivity index (χ1v) is 9.01. The minimum atomic E-state index is -2.79. The van der Waals surface area contributed by atoms with Crippen LogP contribution in [-0.2, 0) is 4.79 Å². The number of carbonyl (C=O) groups excluding carboxylic acids is 1. The highest BCUT2D eigenvalue weighted by Crippen LogP contribution is 2.33. The summed E-state index contributed by atoms with van der Waals surface area (Å²) in [5, 5.41) is 15.2. The van der Waals surface area contributed by atoms with Gasteiger partial charge in [-0.3, -0.25) is 4.79 Å². The second-order valence-electron chi connectivity index (χ2n) is 7.00. The molecule has 1 unspecified atom stereocenters. The molecule has 1 aliphatic heterocycles. The van der Waals surface area contributed by atoms with Crippen LogP contribution in [0.2, 0.25) is 0 Å². The Balaban J connectivity index is 1.86. The number of anilines is 1. The Labute approximate surface area is 164 Å². The van der Waals surface area contributed by atoms with Crippen molar-refractivity contribution in [3.8, 4) is 0 Å². The lowest BCUT2D eigenvalue weighted by Gasteiger charge is -2.20. The van der Waals surface area contributed by atoms with Gasteiger partial charge in [-0.25, -0.2) is 27.5 Å². The summed E-state index contributed by atoms with van der Waals surface area (Å²) in [5.41, 5.74) is -0.511. The number of aliphatic hydroxyl groups excluding tert-OH is 1. The largest absolute Gasteiger partial charge is 0.393 e. The zero-order chi connectivity index (χ0) is 21.3. The maximum atomic E-state index is 14.3. The molecule has 156 valence electrons. The van der Waals surface area contributed by atoms with Gasteiger partial charge in [0.05, 0.1) is 30.0 Å². The Morgan fingerprint density at radius 1 is 1.24 bits per heavy atom. The van der Waals surface area contributed by atoms with E-state index in [1.165, 1.54) is 13.0 Å². The molecule has 0 aliphatic carbocycles. The summed E-state index contributed by atoms with van der Waals surface area (Å²) < 4.78 is 53.9. The van der Waals surface area contributed by atoms with Crippen molar-refractivity contribution in [2.75, 3.05) is 11.9 Å². The van der Waals surface area contributed by atoms with Crippen LogP contribution in [0.5, 0.6) is 0 Å². The molecular formula is C19H20F4N4O2. The van der Waals surface area contributed by atoms with Crippen LogP contribution in [-0.4, -0.2) is 33.6 Å². The molecule has 0 spiro atoms. The van der Waals surface area contributed by atoms with Gasteiger partial charge in [-0.05, 0) is 19.9 Å². The highest BCUT2D eigenvalue weighted by molar-refractivity contribution is 5.86. The fourth-order valence-corrected chi connectivity index (χ4v) is 3.39. The van der Waals surface area contributed by atoms with Crippen LogP contribution in [0.3, 0.4) is 0 Å². The van der Waals surface area contributed by atoms with Crippen molar-refractivity contribution in [2.45, 2.75) is 38.3 Å². The smallest absolute Gasteiger partial charge is 0.263 e. The average molecular weight is 412 g/mol.